The number of amides is 2. The zero-order chi connectivity index (χ0) is 15.8. The number of aromatic amines is 1. The normalized spacial score (nSPS) is 30.8. The fourth-order valence-electron chi connectivity index (χ4n) is 4.15. The molecule has 1 aromatic heterocycles. The fraction of sp³-hybridized carbons (Fsp3) is 0.647. The fourth-order valence-corrected chi connectivity index (χ4v) is 4.15. The van der Waals surface area contributed by atoms with Gasteiger partial charge in [0.2, 0.25) is 5.91 Å². The van der Waals surface area contributed by atoms with Gasteiger partial charge in [-0.15, -0.1) is 0 Å². The lowest BCUT2D eigenvalue weighted by Gasteiger charge is -2.36. The standard InChI is InChI=1S/C17H23N3O3/c21-16-4-2-7-19(16)10-15-13-9-20(8-5-12(13)11-23-15)17(22)14-3-1-6-18-14/h1,3,6,12-13,15,18H,2,4-5,7-11H2/t12-,13-,15+/m1/s1. The summed E-state index contributed by atoms with van der Waals surface area (Å²) in [7, 11) is 0. The van der Waals surface area contributed by atoms with Gasteiger partial charge in [-0.25, -0.2) is 0 Å². The molecule has 6 heteroatoms. The molecule has 0 unspecified atom stereocenters. The van der Waals surface area contributed by atoms with Crippen molar-refractivity contribution in [1.82, 2.24) is 14.8 Å². The Morgan fingerprint density at radius 3 is 3.04 bits per heavy atom. The highest BCUT2D eigenvalue weighted by Crippen LogP contribution is 2.35. The van der Waals surface area contributed by atoms with Gasteiger partial charge in [-0.2, -0.15) is 0 Å². The van der Waals surface area contributed by atoms with Gasteiger partial charge in [-0.1, -0.05) is 0 Å². The van der Waals surface area contributed by atoms with Crippen molar-refractivity contribution in [3.05, 3.63) is 24.0 Å². The molecule has 0 bridgehead atoms. The van der Waals surface area contributed by atoms with Gasteiger partial charge in [0.15, 0.2) is 0 Å². The van der Waals surface area contributed by atoms with E-state index in [4.69, 9.17) is 4.74 Å². The third-order valence-corrected chi connectivity index (χ3v) is 5.50. The molecule has 1 N–H and O–H groups in total. The lowest BCUT2D eigenvalue weighted by Crippen LogP contribution is -2.47. The van der Waals surface area contributed by atoms with Crippen molar-refractivity contribution in [2.75, 3.05) is 32.8 Å². The molecule has 4 heterocycles. The second kappa shape index (κ2) is 6.00. The summed E-state index contributed by atoms with van der Waals surface area (Å²) in [5.74, 6) is 1.17. The van der Waals surface area contributed by atoms with E-state index in [-0.39, 0.29) is 17.9 Å². The highest BCUT2D eigenvalue weighted by Gasteiger charge is 2.43. The predicted molar refractivity (Wildman–Crippen MR) is 83.8 cm³/mol. The number of hydrogen-bond acceptors (Lipinski definition) is 3. The summed E-state index contributed by atoms with van der Waals surface area (Å²) in [6, 6.07) is 3.67. The number of carbonyl (C=O) groups is 2. The van der Waals surface area contributed by atoms with Gasteiger partial charge in [0.05, 0.1) is 12.7 Å². The molecule has 124 valence electrons. The SMILES string of the molecule is O=C1CCCN1C[C@@H]1OC[C@H]2CCN(C(=O)c3ccc[nH]3)C[C@H]21. The van der Waals surface area contributed by atoms with Crippen LogP contribution >= 0.6 is 0 Å². The van der Waals surface area contributed by atoms with Gasteiger partial charge in [0.25, 0.3) is 5.91 Å². The maximum atomic E-state index is 12.5. The Bertz CT molecular complexity index is 586. The number of piperidine rings is 1. The zero-order valence-electron chi connectivity index (χ0n) is 13.2. The number of ether oxygens (including phenoxy) is 1. The molecule has 0 aliphatic carbocycles. The number of aromatic nitrogens is 1. The lowest BCUT2D eigenvalue weighted by atomic mass is 9.84. The number of nitrogens with zero attached hydrogens (tertiary/aromatic N) is 2. The first-order chi connectivity index (χ1) is 11.2. The first-order valence-electron chi connectivity index (χ1n) is 8.54. The number of fused-ring (bicyclic) bond motifs is 1. The molecule has 0 radical (unpaired) electrons. The van der Waals surface area contributed by atoms with Gasteiger partial charge in [-0.3, -0.25) is 9.59 Å². The molecule has 6 nitrogen and oxygen atoms in total. The Morgan fingerprint density at radius 2 is 2.30 bits per heavy atom. The monoisotopic (exact) mass is 317 g/mol. The van der Waals surface area contributed by atoms with Crippen LogP contribution in [0, 0.1) is 11.8 Å². The molecule has 0 saturated carbocycles. The second-order valence-corrected chi connectivity index (χ2v) is 6.86. The van der Waals surface area contributed by atoms with E-state index in [1.807, 2.05) is 21.9 Å². The summed E-state index contributed by atoms with van der Waals surface area (Å²) >= 11 is 0. The molecule has 0 aromatic carbocycles. The number of H-pyrrole nitrogens is 1. The van der Waals surface area contributed by atoms with E-state index >= 15 is 0 Å². The summed E-state index contributed by atoms with van der Waals surface area (Å²) < 4.78 is 5.99. The van der Waals surface area contributed by atoms with Crippen LogP contribution in [0.1, 0.15) is 29.8 Å². The maximum Gasteiger partial charge on any atom is 0.270 e. The van der Waals surface area contributed by atoms with Gasteiger partial charge >= 0.3 is 0 Å². The summed E-state index contributed by atoms with van der Waals surface area (Å²) in [5.41, 5.74) is 0.647. The molecule has 3 aliphatic heterocycles. The Hall–Kier alpha value is -1.82. The van der Waals surface area contributed by atoms with Crippen LogP contribution in [0.2, 0.25) is 0 Å². The second-order valence-electron chi connectivity index (χ2n) is 6.86. The summed E-state index contributed by atoms with van der Waals surface area (Å²) in [4.78, 5) is 31.2. The van der Waals surface area contributed by atoms with Gasteiger partial charge in [0, 0.05) is 44.7 Å². The average molecular weight is 317 g/mol. The summed E-state index contributed by atoms with van der Waals surface area (Å²) in [6.07, 6.45) is 4.46. The zero-order valence-corrected chi connectivity index (χ0v) is 13.2. The van der Waals surface area contributed by atoms with Crippen molar-refractivity contribution in [3.8, 4) is 0 Å². The molecule has 2 amide bonds. The smallest absolute Gasteiger partial charge is 0.270 e. The van der Waals surface area contributed by atoms with E-state index in [1.54, 1.807) is 6.20 Å². The Morgan fingerprint density at radius 1 is 1.39 bits per heavy atom. The molecule has 3 fully saturated rings. The van der Waals surface area contributed by atoms with Crippen molar-refractivity contribution in [1.29, 1.82) is 0 Å². The molecule has 1 aromatic rings. The van der Waals surface area contributed by atoms with Crippen LogP contribution in [-0.4, -0.2) is 65.5 Å². The third kappa shape index (κ3) is 2.76. The summed E-state index contributed by atoms with van der Waals surface area (Å²) in [6.45, 7) is 3.82. The average Bonchev–Trinajstić information content (AvgIpc) is 3.29. The van der Waals surface area contributed by atoms with Gasteiger partial charge in [0.1, 0.15) is 5.69 Å². The lowest BCUT2D eigenvalue weighted by molar-refractivity contribution is -0.129. The number of nitrogens with one attached hydrogen (secondary N) is 1. The van der Waals surface area contributed by atoms with Crippen molar-refractivity contribution >= 4 is 11.8 Å². The Kier molecular flexibility index (Phi) is 3.85. The van der Waals surface area contributed by atoms with Crippen molar-refractivity contribution < 1.29 is 14.3 Å². The minimum atomic E-state index is 0.0661. The van der Waals surface area contributed by atoms with Crippen LogP contribution in [0.15, 0.2) is 18.3 Å². The van der Waals surface area contributed by atoms with E-state index in [2.05, 4.69) is 4.98 Å². The molecule has 3 atom stereocenters. The van der Waals surface area contributed by atoms with Crippen LogP contribution in [0.4, 0.5) is 0 Å². The molecule has 3 saturated heterocycles. The number of likely N-dealkylation sites (tertiary alicyclic amines) is 2. The minimum Gasteiger partial charge on any atom is -0.376 e. The van der Waals surface area contributed by atoms with Crippen LogP contribution in [0.3, 0.4) is 0 Å². The van der Waals surface area contributed by atoms with Crippen LogP contribution < -0.4 is 0 Å². The van der Waals surface area contributed by atoms with Crippen LogP contribution in [0.25, 0.3) is 0 Å². The van der Waals surface area contributed by atoms with E-state index in [9.17, 15) is 9.59 Å². The van der Waals surface area contributed by atoms with Crippen molar-refractivity contribution in [2.45, 2.75) is 25.4 Å². The molecule has 0 spiro atoms. The number of rotatable bonds is 3. The van der Waals surface area contributed by atoms with Gasteiger partial charge < -0.3 is 19.5 Å². The molecule has 4 rings (SSSR count). The highest BCUT2D eigenvalue weighted by molar-refractivity contribution is 5.92. The molecule has 23 heavy (non-hydrogen) atoms. The topological polar surface area (TPSA) is 65.6 Å². The molecule has 3 aliphatic rings. The largest absolute Gasteiger partial charge is 0.376 e. The van der Waals surface area contributed by atoms with E-state index in [0.29, 0.717) is 30.5 Å². The predicted octanol–water partition coefficient (Wildman–Crippen LogP) is 1.11. The molecular weight excluding hydrogens is 294 g/mol. The highest BCUT2D eigenvalue weighted by atomic mass is 16.5. The summed E-state index contributed by atoms with van der Waals surface area (Å²) in [5, 5.41) is 0. The van der Waals surface area contributed by atoms with Crippen LogP contribution in [-0.2, 0) is 9.53 Å². The Labute approximate surface area is 135 Å². The number of carbonyl (C=O) groups excluding carboxylic acids is 2. The minimum absolute atomic E-state index is 0.0661. The molecular formula is C17H23N3O3. The first-order valence-corrected chi connectivity index (χ1v) is 8.54. The van der Waals surface area contributed by atoms with Crippen molar-refractivity contribution in [2.24, 2.45) is 11.8 Å². The maximum absolute atomic E-state index is 12.5. The quantitative estimate of drug-likeness (QED) is 0.908. The Balaban J connectivity index is 1.42. The number of hydrogen-bond donors (Lipinski definition) is 1. The van der Waals surface area contributed by atoms with Crippen LogP contribution in [0.5, 0.6) is 0 Å². The van der Waals surface area contributed by atoms with E-state index < -0.39 is 0 Å². The third-order valence-electron chi connectivity index (χ3n) is 5.50. The van der Waals surface area contributed by atoms with Crippen molar-refractivity contribution in [3.63, 3.8) is 0 Å². The van der Waals surface area contributed by atoms with E-state index in [1.165, 1.54) is 0 Å². The first kappa shape index (κ1) is 14.8. The van der Waals surface area contributed by atoms with E-state index in [0.717, 1.165) is 39.1 Å². The van der Waals surface area contributed by atoms with Gasteiger partial charge in [-0.05, 0) is 30.9 Å².